The van der Waals surface area contributed by atoms with Gasteiger partial charge in [-0.15, -0.1) is 0 Å². The first kappa shape index (κ1) is 24.9. The smallest absolute Gasteiger partial charge is 0.258 e. The summed E-state index contributed by atoms with van der Waals surface area (Å²) >= 11 is 6.38. The molecule has 0 bridgehead atoms. The molecule has 182 valence electrons. The first-order valence-corrected chi connectivity index (χ1v) is 13.6. The van der Waals surface area contributed by atoms with Crippen LogP contribution in [-0.2, 0) is 21.1 Å². The first-order chi connectivity index (χ1) is 16.8. The second kappa shape index (κ2) is 10.6. The van der Waals surface area contributed by atoms with Gasteiger partial charge in [-0.2, -0.15) is 0 Å². The van der Waals surface area contributed by atoms with Gasteiger partial charge in [-0.05, 0) is 73.7 Å². The maximum atomic E-state index is 13.0. The minimum atomic E-state index is -3.28. The molecule has 0 spiro atoms. The van der Waals surface area contributed by atoms with Gasteiger partial charge >= 0.3 is 0 Å². The third kappa shape index (κ3) is 6.29. The third-order valence-electron chi connectivity index (χ3n) is 5.92. The van der Waals surface area contributed by atoms with Crippen molar-refractivity contribution in [3.05, 3.63) is 88.9 Å². The quantitative estimate of drug-likeness (QED) is 0.419. The van der Waals surface area contributed by atoms with Gasteiger partial charge in [0.1, 0.15) is 0 Å². The van der Waals surface area contributed by atoms with Crippen LogP contribution in [0.25, 0.3) is 0 Å². The fourth-order valence-corrected chi connectivity index (χ4v) is 5.77. The fourth-order valence-electron chi connectivity index (χ4n) is 3.84. The Hall–Kier alpha value is -3.16. The highest BCUT2D eigenvalue weighted by Gasteiger charge is 2.29. The summed E-state index contributed by atoms with van der Waals surface area (Å²) in [6, 6.07) is 20.6. The molecule has 0 aromatic heterocycles. The Morgan fingerprint density at radius 3 is 2.29 bits per heavy atom. The molecule has 1 N–H and O–H groups in total. The topological polar surface area (TPSA) is 83.6 Å². The van der Waals surface area contributed by atoms with Gasteiger partial charge in [0.05, 0.1) is 27.8 Å². The van der Waals surface area contributed by atoms with Gasteiger partial charge < -0.3 is 10.2 Å². The second-order valence-corrected chi connectivity index (χ2v) is 11.1. The number of halogens is 1. The number of sulfone groups is 1. The normalized spacial score (nSPS) is 13.3. The van der Waals surface area contributed by atoms with Gasteiger partial charge in [-0.1, -0.05) is 41.9 Å². The lowest BCUT2D eigenvalue weighted by Crippen LogP contribution is -2.30. The Balaban J connectivity index is 1.39. The predicted octanol–water partition coefficient (Wildman–Crippen LogP) is 5.37. The van der Waals surface area contributed by atoms with Gasteiger partial charge in [0.15, 0.2) is 9.84 Å². The van der Waals surface area contributed by atoms with Crippen LogP contribution in [0.3, 0.4) is 0 Å². The first-order valence-electron chi connectivity index (χ1n) is 11.5. The van der Waals surface area contributed by atoms with Crippen LogP contribution in [0.4, 0.5) is 11.4 Å². The summed E-state index contributed by atoms with van der Waals surface area (Å²) in [4.78, 5) is 27.5. The molecule has 0 unspecified atom stereocenters. The number of hydrogen-bond acceptors (Lipinski definition) is 4. The molecule has 0 radical (unpaired) electrons. The second-order valence-electron chi connectivity index (χ2n) is 8.67. The lowest BCUT2D eigenvalue weighted by molar-refractivity contribution is -0.115. The molecule has 8 heteroatoms. The molecule has 4 rings (SSSR count). The van der Waals surface area contributed by atoms with Gasteiger partial charge in [0.2, 0.25) is 5.91 Å². The molecule has 0 atom stereocenters. The number of hydrogen-bond donors (Lipinski definition) is 1. The van der Waals surface area contributed by atoms with E-state index in [1.807, 2.05) is 37.3 Å². The Bertz CT molecular complexity index is 1320. The number of rotatable bonds is 9. The molecule has 1 aliphatic rings. The Morgan fingerprint density at radius 2 is 1.69 bits per heavy atom. The zero-order chi connectivity index (χ0) is 25.0. The molecule has 1 aliphatic carbocycles. The van der Waals surface area contributed by atoms with Crippen LogP contribution in [0, 0.1) is 5.92 Å². The standard InChI is InChI=1S/C27H27ClN2O4S/c1-2-30(22-6-4-3-5-7-22)27(32)21-12-15-25(24(28)17-21)29-26(31)16-19-10-13-23(14-11-19)35(33,34)18-20-8-9-20/h3-7,10-15,17,20H,2,8-9,16,18H2,1H3,(H,29,31). The summed E-state index contributed by atoms with van der Waals surface area (Å²) in [7, 11) is -3.28. The summed E-state index contributed by atoms with van der Waals surface area (Å²) < 4.78 is 24.8. The average Bonchev–Trinajstić information content (AvgIpc) is 3.65. The van der Waals surface area contributed by atoms with Crippen molar-refractivity contribution in [3.8, 4) is 0 Å². The van der Waals surface area contributed by atoms with Crippen LogP contribution in [0.2, 0.25) is 5.02 Å². The monoisotopic (exact) mass is 510 g/mol. The molecule has 1 fully saturated rings. The van der Waals surface area contributed by atoms with E-state index in [-0.39, 0.29) is 39.8 Å². The van der Waals surface area contributed by atoms with E-state index in [0.717, 1.165) is 18.5 Å². The maximum Gasteiger partial charge on any atom is 0.258 e. The molecule has 3 aromatic rings. The van der Waals surface area contributed by atoms with Crippen molar-refractivity contribution < 1.29 is 18.0 Å². The summed E-state index contributed by atoms with van der Waals surface area (Å²) in [5.41, 5.74) is 2.30. The van der Waals surface area contributed by atoms with Crippen molar-refractivity contribution in [1.29, 1.82) is 0 Å². The largest absolute Gasteiger partial charge is 0.324 e. The summed E-state index contributed by atoms with van der Waals surface area (Å²) in [6.45, 7) is 2.40. The number of benzene rings is 3. The van der Waals surface area contributed by atoms with E-state index >= 15 is 0 Å². The fraction of sp³-hybridized carbons (Fsp3) is 0.259. The Kier molecular flexibility index (Phi) is 7.57. The van der Waals surface area contributed by atoms with E-state index in [1.54, 1.807) is 47.4 Å². The molecule has 2 amide bonds. The maximum absolute atomic E-state index is 13.0. The van der Waals surface area contributed by atoms with Crippen LogP contribution < -0.4 is 10.2 Å². The number of anilines is 2. The number of para-hydroxylation sites is 1. The highest BCUT2D eigenvalue weighted by atomic mass is 35.5. The van der Waals surface area contributed by atoms with Gasteiger partial charge in [-0.3, -0.25) is 9.59 Å². The van der Waals surface area contributed by atoms with Crippen molar-refractivity contribution >= 4 is 44.6 Å². The lowest BCUT2D eigenvalue weighted by Gasteiger charge is -2.21. The molecule has 0 heterocycles. The van der Waals surface area contributed by atoms with Gasteiger partial charge in [-0.25, -0.2) is 8.42 Å². The lowest BCUT2D eigenvalue weighted by atomic mass is 10.1. The number of carbonyl (C=O) groups is 2. The van der Waals surface area contributed by atoms with E-state index in [0.29, 0.717) is 23.4 Å². The molecular weight excluding hydrogens is 484 g/mol. The predicted molar refractivity (Wildman–Crippen MR) is 139 cm³/mol. The van der Waals surface area contributed by atoms with Crippen LogP contribution in [-0.4, -0.2) is 32.5 Å². The molecule has 0 saturated heterocycles. The van der Waals surface area contributed by atoms with E-state index in [9.17, 15) is 18.0 Å². The third-order valence-corrected chi connectivity index (χ3v) is 8.13. The molecule has 6 nitrogen and oxygen atoms in total. The average molecular weight is 511 g/mol. The van der Waals surface area contributed by atoms with Crippen molar-refractivity contribution in [2.75, 3.05) is 22.5 Å². The van der Waals surface area contributed by atoms with Crippen molar-refractivity contribution in [1.82, 2.24) is 0 Å². The summed E-state index contributed by atoms with van der Waals surface area (Å²) in [6.07, 6.45) is 2.01. The van der Waals surface area contributed by atoms with Crippen LogP contribution in [0.5, 0.6) is 0 Å². The molecule has 1 saturated carbocycles. The number of nitrogens with one attached hydrogen (secondary N) is 1. The van der Waals surface area contributed by atoms with Crippen molar-refractivity contribution in [3.63, 3.8) is 0 Å². The van der Waals surface area contributed by atoms with E-state index in [2.05, 4.69) is 5.32 Å². The zero-order valence-corrected chi connectivity index (χ0v) is 21.0. The van der Waals surface area contributed by atoms with E-state index < -0.39 is 9.84 Å². The SMILES string of the molecule is CCN(C(=O)c1ccc(NC(=O)Cc2ccc(S(=O)(=O)CC3CC3)cc2)c(Cl)c1)c1ccccc1. The Morgan fingerprint density at radius 1 is 1.00 bits per heavy atom. The summed E-state index contributed by atoms with van der Waals surface area (Å²) in [5.74, 6) is -0.0138. The van der Waals surface area contributed by atoms with E-state index in [1.165, 1.54) is 0 Å². The zero-order valence-electron chi connectivity index (χ0n) is 19.4. The highest BCUT2D eigenvalue weighted by Crippen LogP contribution is 2.32. The van der Waals surface area contributed by atoms with Crippen LogP contribution in [0.15, 0.2) is 77.7 Å². The molecule has 3 aromatic carbocycles. The van der Waals surface area contributed by atoms with Crippen molar-refractivity contribution in [2.24, 2.45) is 5.92 Å². The number of nitrogens with zero attached hydrogens (tertiary/aromatic N) is 1. The van der Waals surface area contributed by atoms with Gasteiger partial charge in [0, 0.05) is 17.8 Å². The minimum absolute atomic E-state index is 0.0670. The van der Waals surface area contributed by atoms with E-state index in [4.69, 9.17) is 11.6 Å². The highest BCUT2D eigenvalue weighted by molar-refractivity contribution is 7.91. The summed E-state index contributed by atoms with van der Waals surface area (Å²) in [5, 5.41) is 3.02. The van der Waals surface area contributed by atoms with Gasteiger partial charge in [0.25, 0.3) is 5.91 Å². The van der Waals surface area contributed by atoms with Crippen LogP contribution in [0.1, 0.15) is 35.7 Å². The number of amides is 2. The number of carbonyl (C=O) groups excluding carboxylic acids is 2. The molecular formula is C27H27ClN2O4S. The van der Waals surface area contributed by atoms with Crippen LogP contribution >= 0.6 is 11.6 Å². The van der Waals surface area contributed by atoms with Crippen molar-refractivity contribution in [2.45, 2.75) is 31.1 Å². The molecule has 35 heavy (non-hydrogen) atoms. The Labute approximate surface area is 210 Å². The molecule has 0 aliphatic heterocycles. The minimum Gasteiger partial charge on any atom is -0.324 e.